The first kappa shape index (κ1) is 4.76. The molecular weight excluding hydrogens is 124 g/mol. The Morgan fingerprint density at radius 3 is 2.40 bits per heavy atom. The molecule has 0 spiro atoms. The van der Waals surface area contributed by atoms with Crippen LogP contribution in [0.4, 0.5) is 0 Å². The van der Waals surface area contributed by atoms with E-state index in [1.165, 1.54) is 0 Å². The van der Waals surface area contributed by atoms with Crippen LogP contribution in [-0.4, -0.2) is 11.2 Å². The molecule has 1 nitrogen and oxygen atoms in total. The normalized spacial score (nSPS) is 67.7. The van der Waals surface area contributed by atoms with Crippen molar-refractivity contribution in [3.8, 4) is 0 Å². The summed E-state index contributed by atoms with van der Waals surface area (Å²) in [7, 11) is 0. The summed E-state index contributed by atoms with van der Waals surface area (Å²) in [6, 6.07) is 0. The largest absolute Gasteiger partial charge is 0.393 e. The molecule has 0 aliphatic heterocycles. The van der Waals surface area contributed by atoms with Crippen molar-refractivity contribution in [2.45, 2.75) is 39.2 Å². The van der Waals surface area contributed by atoms with Crippen LogP contribution >= 0.6 is 0 Å². The minimum absolute atomic E-state index is 0.177. The van der Waals surface area contributed by atoms with Gasteiger partial charge in [-0.25, -0.2) is 0 Å². The van der Waals surface area contributed by atoms with Crippen molar-refractivity contribution in [1.29, 1.82) is 0 Å². The lowest BCUT2D eigenvalue weighted by Gasteiger charge is -2.24. The predicted octanol–water partition coefficient (Wildman–Crippen LogP) is 1.80. The molecule has 58 valence electrons. The third-order valence-electron chi connectivity index (χ3n) is 3.33. The van der Waals surface area contributed by atoms with Crippen molar-refractivity contribution in [3.63, 3.8) is 0 Å². The minimum atomic E-state index is -1.50. The van der Waals surface area contributed by atoms with Crippen molar-refractivity contribution in [1.82, 2.24) is 0 Å². The number of fused-ring (bicyclic) bond motifs is 2. The van der Waals surface area contributed by atoms with Gasteiger partial charge < -0.3 is 5.11 Å². The molecule has 3 unspecified atom stereocenters. The summed E-state index contributed by atoms with van der Waals surface area (Å²) in [6.07, 6.45) is 0.686. The highest BCUT2D eigenvalue weighted by atomic mass is 16.3. The lowest BCUT2D eigenvalue weighted by Crippen LogP contribution is -2.22. The number of hydrogen-bond donors (Lipinski definition) is 1. The second-order valence-corrected chi connectivity index (χ2v) is 4.09. The Bertz CT molecular complexity index is 225. The van der Waals surface area contributed by atoms with Crippen molar-refractivity contribution in [2.24, 2.45) is 17.2 Å². The third kappa shape index (κ3) is 0.619. The van der Waals surface area contributed by atoms with Gasteiger partial charge in [0.1, 0.15) is 0 Å². The molecule has 2 aliphatic rings. The smallest absolute Gasteiger partial charge is 0.0604 e. The van der Waals surface area contributed by atoms with Crippen LogP contribution in [0.3, 0.4) is 0 Å². The Labute approximate surface area is 65.3 Å². The van der Waals surface area contributed by atoms with E-state index in [1.54, 1.807) is 0 Å². The van der Waals surface area contributed by atoms with Crippen LogP contribution in [0.25, 0.3) is 0 Å². The highest BCUT2D eigenvalue weighted by Crippen LogP contribution is 2.57. The zero-order valence-electron chi connectivity index (χ0n) is 8.65. The first-order valence-electron chi connectivity index (χ1n) is 5.04. The van der Waals surface area contributed by atoms with Gasteiger partial charge in [0, 0.05) is 1.37 Å². The van der Waals surface area contributed by atoms with Crippen molar-refractivity contribution in [2.75, 3.05) is 0 Å². The Morgan fingerprint density at radius 2 is 2.20 bits per heavy atom. The van der Waals surface area contributed by atoms with Gasteiger partial charge in [-0.2, -0.15) is 0 Å². The molecule has 0 aromatic carbocycles. The lowest BCUT2D eigenvalue weighted by molar-refractivity contribution is 0.0949. The number of rotatable bonds is 0. The Morgan fingerprint density at radius 1 is 1.50 bits per heavy atom. The molecular formula is C9H16O. The van der Waals surface area contributed by atoms with E-state index >= 15 is 0 Å². The Kier molecular flexibility index (Phi) is 0.838. The van der Waals surface area contributed by atoms with E-state index in [1.807, 2.05) is 13.8 Å². The Hall–Kier alpha value is -0.0400. The van der Waals surface area contributed by atoms with E-state index in [2.05, 4.69) is 0 Å². The molecule has 10 heavy (non-hydrogen) atoms. The van der Waals surface area contributed by atoms with Gasteiger partial charge >= 0.3 is 0 Å². The molecule has 0 amide bonds. The number of hydrogen-bond acceptors (Lipinski definition) is 1. The predicted molar refractivity (Wildman–Crippen MR) is 40.6 cm³/mol. The molecule has 2 rings (SSSR count). The van der Waals surface area contributed by atoms with Gasteiger partial charge in [-0.15, -0.1) is 0 Å². The fraction of sp³-hybridized carbons (Fsp3) is 1.00. The van der Waals surface area contributed by atoms with Gasteiger partial charge in [-0.1, -0.05) is 13.8 Å². The average molecular weight is 142 g/mol. The van der Waals surface area contributed by atoms with Gasteiger partial charge in [0.25, 0.3) is 0 Å². The second-order valence-electron chi connectivity index (χ2n) is 4.09. The fourth-order valence-corrected chi connectivity index (χ4v) is 2.48. The van der Waals surface area contributed by atoms with Gasteiger partial charge in [-0.05, 0) is 36.5 Å². The highest BCUT2D eigenvalue weighted by molar-refractivity contribution is 5.02. The van der Waals surface area contributed by atoms with Gasteiger partial charge in [-0.3, -0.25) is 0 Å². The van der Waals surface area contributed by atoms with Crippen molar-refractivity contribution in [3.05, 3.63) is 0 Å². The molecule has 1 heteroatoms. The maximum absolute atomic E-state index is 9.76. The SMILES string of the molecule is [2H]C1(O)CC2CCC1([2H])C2(C)C. The first-order valence-corrected chi connectivity index (χ1v) is 4.04. The highest BCUT2D eigenvalue weighted by Gasteiger charge is 2.52. The van der Waals surface area contributed by atoms with E-state index in [-0.39, 0.29) is 5.41 Å². The molecule has 2 fully saturated rings. The second kappa shape index (κ2) is 1.76. The van der Waals surface area contributed by atoms with Crippen LogP contribution < -0.4 is 0 Å². The topological polar surface area (TPSA) is 20.2 Å². The quantitative estimate of drug-likeness (QED) is 0.547. The zero-order valence-corrected chi connectivity index (χ0v) is 6.65. The van der Waals surface area contributed by atoms with Crippen molar-refractivity contribution >= 4 is 0 Å². The van der Waals surface area contributed by atoms with E-state index in [0.717, 1.165) is 6.42 Å². The molecule has 0 saturated heterocycles. The van der Waals surface area contributed by atoms with Gasteiger partial charge in [0.15, 0.2) is 0 Å². The van der Waals surface area contributed by atoms with Gasteiger partial charge in [0.2, 0.25) is 0 Å². The van der Waals surface area contributed by atoms with Crippen LogP contribution in [-0.2, 0) is 0 Å². The van der Waals surface area contributed by atoms with E-state index < -0.39 is 12.0 Å². The summed E-state index contributed by atoms with van der Waals surface area (Å²) in [4.78, 5) is 0. The summed E-state index contributed by atoms with van der Waals surface area (Å²) in [5.41, 5.74) is -0.177. The molecule has 0 heterocycles. The van der Waals surface area contributed by atoms with Gasteiger partial charge in [0.05, 0.1) is 7.45 Å². The van der Waals surface area contributed by atoms with Crippen LogP contribution in [0, 0.1) is 17.2 Å². The molecule has 0 aromatic heterocycles. The van der Waals surface area contributed by atoms with E-state index in [0.29, 0.717) is 18.8 Å². The zero-order chi connectivity index (χ0) is 9.20. The maximum Gasteiger partial charge on any atom is 0.0604 e. The Balaban J connectivity index is 2.47. The monoisotopic (exact) mass is 142 g/mol. The average Bonchev–Trinajstić information content (AvgIpc) is 2.18. The summed E-state index contributed by atoms with van der Waals surface area (Å²) in [5.74, 6) is -0.553. The van der Waals surface area contributed by atoms with Crippen LogP contribution in [0.1, 0.15) is 35.9 Å². The maximum atomic E-state index is 9.76. The molecule has 2 bridgehead atoms. The van der Waals surface area contributed by atoms with E-state index in [9.17, 15) is 5.11 Å². The summed E-state index contributed by atoms with van der Waals surface area (Å²) >= 11 is 0. The molecule has 0 radical (unpaired) electrons. The summed E-state index contributed by atoms with van der Waals surface area (Å²) in [6.45, 7) is 4.04. The summed E-state index contributed by atoms with van der Waals surface area (Å²) < 4.78 is 15.8. The fourth-order valence-electron chi connectivity index (χ4n) is 2.48. The lowest BCUT2D eigenvalue weighted by atomic mass is 9.82. The molecule has 2 aliphatic carbocycles. The molecule has 2 saturated carbocycles. The molecule has 0 aromatic rings. The third-order valence-corrected chi connectivity index (χ3v) is 3.33. The summed E-state index contributed by atoms with van der Waals surface area (Å²) in [5, 5.41) is 9.76. The van der Waals surface area contributed by atoms with E-state index in [4.69, 9.17) is 2.74 Å². The minimum Gasteiger partial charge on any atom is -0.393 e. The molecule has 1 N–H and O–H groups in total. The first-order chi connectivity index (χ1) is 5.31. The van der Waals surface area contributed by atoms with Crippen LogP contribution in [0.15, 0.2) is 0 Å². The van der Waals surface area contributed by atoms with Crippen molar-refractivity contribution < 1.29 is 7.85 Å². The molecule has 3 atom stereocenters. The number of aliphatic hydroxyl groups is 1. The van der Waals surface area contributed by atoms with Crippen LogP contribution in [0.5, 0.6) is 0 Å². The standard InChI is InChI=1S/C9H16O/c1-9(2)6-3-4-7(9)8(10)5-6/h6-8,10H,3-5H2,1-2H3/i7D,8D. The van der Waals surface area contributed by atoms with Crippen LogP contribution in [0.2, 0.25) is 0 Å².